The van der Waals surface area contributed by atoms with Crippen molar-refractivity contribution >= 4 is 60.5 Å². The molecule has 8 rings (SSSR count). The number of sulfone groups is 1. The second-order valence-corrected chi connectivity index (χ2v) is 16.1. The molecular weight excluding hydrogens is 539 g/mol. The van der Waals surface area contributed by atoms with Crippen molar-refractivity contribution in [2.75, 3.05) is 0 Å². The zero-order chi connectivity index (χ0) is 27.6. The molecule has 1 aliphatic rings. The van der Waals surface area contributed by atoms with Crippen LogP contribution in [-0.4, -0.2) is 21.1 Å². The number of benzene rings is 6. The molecule has 41 heavy (non-hydrogen) atoms. The molecule has 0 radical (unpaired) electrons. The summed E-state index contributed by atoms with van der Waals surface area (Å²) < 4.78 is 31.9. The Morgan fingerprint density at radius 1 is 0.488 bits per heavy atom. The summed E-state index contributed by atoms with van der Waals surface area (Å²) in [6, 6.07) is 51.3. The lowest BCUT2D eigenvalue weighted by molar-refractivity contribution is 0.597. The van der Waals surface area contributed by atoms with Crippen LogP contribution in [0.3, 0.4) is 0 Å². The predicted molar refractivity (Wildman–Crippen MR) is 170 cm³/mol. The SMILES string of the molecule is O=S1(=O)c2ccccc2[Si](c2ccccc2)(c2ccccc2)c2ccc3c(c21)c1ccccc1n3-c1ccccc1. The molecule has 1 aromatic heterocycles. The van der Waals surface area contributed by atoms with Crippen LogP contribution in [0.5, 0.6) is 0 Å². The largest absolute Gasteiger partial charge is 0.309 e. The first-order valence-corrected chi connectivity index (χ1v) is 17.2. The normalized spacial score (nSPS) is 14.9. The third-order valence-corrected chi connectivity index (χ3v) is 15.6. The van der Waals surface area contributed by atoms with Crippen molar-refractivity contribution in [3.05, 3.63) is 152 Å². The van der Waals surface area contributed by atoms with Crippen molar-refractivity contribution in [3.63, 3.8) is 0 Å². The third kappa shape index (κ3) is 3.21. The van der Waals surface area contributed by atoms with E-state index in [-0.39, 0.29) is 0 Å². The Morgan fingerprint density at radius 2 is 1.05 bits per heavy atom. The molecule has 1 aliphatic heterocycles. The van der Waals surface area contributed by atoms with Crippen LogP contribution in [0.4, 0.5) is 0 Å². The summed E-state index contributed by atoms with van der Waals surface area (Å²) in [5.41, 5.74) is 2.88. The molecule has 5 heteroatoms. The van der Waals surface area contributed by atoms with Gasteiger partial charge in [0.2, 0.25) is 9.84 Å². The average molecular weight is 564 g/mol. The summed E-state index contributed by atoms with van der Waals surface area (Å²) in [6.45, 7) is 0. The second kappa shape index (κ2) is 8.90. The molecule has 0 saturated heterocycles. The summed E-state index contributed by atoms with van der Waals surface area (Å²) in [4.78, 5) is 0.856. The van der Waals surface area contributed by atoms with Gasteiger partial charge >= 0.3 is 0 Å². The second-order valence-electron chi connectivity index (χ2n) is 10.5. The Kier molecular flexibility index (Phi) is 5.23. The van der Waals surface area contributed by atoms with E-state index in [4.69, 9.17) is 0 Å². The minimum absolute atomic E-state index is 0.413. The molecule has 0 amide bonds. The van der Waals surface area contributed by atoms with Crippen molar-refractivity contribution in [2.45, 2.75) is 9.79 Å². The molecule has 0 fully saturated rings. The molecule has 0 saturated carbocycles. The van der Waals surface area contributed by atoms with Gasteiger partial charge in [0.05, 0.1) is 20.8 Å². The van der Waals surface area contributed by atoms with Crippen molar-refractivity contribution in [1.29, 1.82) is 0 Å². The first-order chi connectivity index (χ1) is 20.1. The van der Waals surface area contributed by atoms with E-state index in [0.29, 0.717) is 9.79 Å². The maximum absolute atomic E-state index is 14.9. The maximum atomic E-state index is 14.9. The van der Waals surface area contributed by atoms with Crippen LogP contribution in [0.1, 0.15) is 0 Å². The Balaban J connectivity index is 1.64. The average Bonchev–Trinajstić information content (AvgIpc) is 3.37. The van der Waals surface area contributed by atoms with Crippen LogP contribution < -0.4 is 20.7 Å². The van der Waals surface area contributed by atoms with Crippen LogP contribution >= 0.6 is 0 Å². The van der Waals surface area contributed by atoms with Crippen molar-refractivity contribution in [3.8, 4) is 5.69 Å². The number of hydrogen-bond donors (Lipinski definition) is 0. The number of nitrogens with zero attached hydrogens (tertiary/aromatic N) is 1. The fourth-order valence-corrected chi connectivity index (χ4v) is 15.1. The van der Waals surface area contributed by atoms with Crippen LogP contribution in [0.15, 0.2) is 161 Å². The molecule has 3 nitrogen and oxygen atoms in total. The Bertz CT molecular complexity index is 2170. The van der Waals surface area contributed by atoms with E-state index in [0.717, 1.165) is 37.9 Å². The van der Waals surface area contributed by atoms with E-state index in [2.05, 4.69) is 89.5 Å². The van der Waals surface area contributed by atoms with Crippen LogP contribution in [0.25, 0.3) is 27.5 Å². The highest BCUT2D eigenvalue weighted by Gasteiger charge is 2.51. The molecule has 0 spiro atoms. The molecule has 0 atom stereocenters. The van der Waals surface area contributed by atoms with E-state index in [9.17, 15) is 8.42 Å². The zero-order valence-electron chi connectivity index (χ0n) is 22.1. The highest BCUT2D eigenvalue weighted by atomic mass is 32.2. The van der Waals surface area contributed by atoms with Gasteiger partial charge in [0.15, 0.2) is 8.07 Å². The lowest BCUT2D eigenvalue weighted by Crippen LogP contribution is -2.77. The summed E-state index contributed by atoms with van der Waals surface area (Å²) in [5, 5.41) is 5.89. The van der Waals surface area contributed by atoms with Gasteiger partial charge < -0.3 is 4.57 Å². The Labute approximate surface area is 239 Å². The molecular formula is C36H25NO2SSi. The van der Waals surface area contributed by atoms with Gasteiger partial charge in [0.1, 0.15) is 0 Å². The topological polar surface area (TPSA) is 39.1 Å². The van der Waals surface area contributed by atoms with Crippen molar-refractivity contribution in [2.24, 2.45) is 0 Å². The summed E-state index contributed by atoms with van der Waals surface area (Å²) in [5.74, 6) is 0. The summed E-state index contributed by atoms with van der Waals surface area (Å²) in [6.07, 6.45) is 0. The van der Waals surface area contributed by atoms with E-state index in [1.54, 1.807) is 6.07 Å². The molecule has 0 aliphatic carbocycles. The van der Waals surface area contributed by atoms with Crippen LogP contribution in [0.2, 0.25) is 0 Å². The van der Waals surface area contributed by atoms with E-state index in [1.165, 1.54) is 10.4 Å². The lowest BCUT2D eigenvalue weighted by atomic mass is 10.1. The number of fused-ring (bicyclic) bond motifs is 6. The summed E-state index contributed by atoms with van der Waals surface area (Å²) >= 11 is 0. The van der Waals surface area contributed by atoms with Crippen LogP contribution in [-0.2, 0) is 9.84 Å². The Morgan fingerprint density at radius 3 is 1.73 bits per heavy atom. The van der Waals surface area contributed by atoms with Gasteiger partial charge in [-0.3, -0.25) is 0 Å². The summed E-state index contributed by atoms with van der Waals surface area (Å²) in [7, 11) is -6.88. The molecule has 7 aromatic rings. The molecule has 0 unspecified atom stereocenters. The minimum Gasteiger partial charge on any atom is -0.309 e. The highest BCUT2D eigenvalue weighted by molar-refractivity contribution is 7.92. The van der Waals surface area contributed by atoms with Gasteiger partial charge in [-0.2, -0.15) is 0 Å². The molecule has 196 valence electrons. The van der Waals surface area contributed by atoms with Crippen molar-refractivity contribution < 1.29 is 8.42 Å². The highest BCUT2D eigenvalue weighted by Crippen LogP contribution is 2.39. The fourth-order valence-electron chi connectivity index (χ4n) is 6.89. The molecule has 0 N–H and O–H groups in total. The monoisotopic (exact) mass is 563 g/mol. The quantitative estimate of drug-likeness (QED) is 0.274. The first-order valence-electron chi connectivity index (χ1n) is 13.7. The number of para-hydroxylation sites is 2. The third-order valence-electron chi connectivity index (χ3n) is 8.47. The Hall–Kier alpha value is -4.71. The van der Waals surface area contributed by atoms with E-state index >= 15 is 0 Å². The van der Waals surface area contributed by atoms with Crippen LogP contribution in [0, 0.1) is 0 Å². The van der Waals surface area contributed by atoms with Gasteiger partial charge in [0.25, 0.3) is 0 Å². The van der Waals surface area contributed by atoms with Gasteiger partial charge in [-0.05, 0) is 51.1 Å². The molecule has 0 bridgehead atoms. The van der Waals surface area contributed by atoms with Gasteiger partial charge in [-0.1, -0.05) is 121 Å². The maximum Gasteiger partial charge on any atom is 0.207 e. The fraction of sp³-hybridized carbons (Fsp3) is 0. The lowest BCUT2D eigenvalue weighted by Gasteiger charge is -2.40. The number of aromatic nitrogens is 1. The smallest absolute Gasteiger partial charge is 0.207 e. The van der Waals surface area contributed by atoms with Gasteiger partial charge in [-0.15, -0.1) is 0 Å². The van der Waals surface area contributed by atoms with Crippen molar-refractivity contribution in [1.82, 2.24) is 4.57 Å². The van der Waals surface area contributed by atoms with Gasteiger partial charge in [0, 0.05) is 16.5 Å². The number of hydrogen-bond acceptors (Lipinski definition) is 2. The predicted octanol–water partition coefficient (Wildman–Crippen LogP) is 5.31. The first kappa shape index (κ1) is 24.1. The minimum atomic E-state index is -3.85. The molecule has 6 aromatic carbocycles. The van der Waals surface area contributed by atoms with E-state index < -0.39 is 17.9 Å². The van der Waals surface area contributed by atoms with E-state index in [1.807, 2.05) is 60.7 Å². The molecule has 2 heterocycles. The zero-order valence-corrected chi connectivity index (χ0v) is 23.9. The van der Waals surface area contributed by atoms with Gasteiger partial charge in [-0.25, -0.2) is 8.42 Å². The standard InChI is InChI=1S/C36H25NO2SSi/c38-40(39)32-22-12-13-23-33(32)41(27-16-6-2-7-17-27,28-18-8-3-9-19-28)34-25-24-31-35(36(34)40)29-20-10-11-21-30(29)37(31)26-14-4-1-5-15-26/h1-25H. The number of rotatable bonds is 3.